The van der Waals surface area contributed by atoms with Gasteiger partial charge in [0.15, 0.2) is 5.71 Å². The zero-order valence-corrected chi connectivity index (χ0v) is 51.3. The Morgan fingerprint density at radius 1 is 0.773 bits per heavy atom. The van der Waals surface area contributed by atoms with E-state index in [-0.39, 0.29) is 148 Å². The third-order valence-corrected chi connectivity index (χ3v) is 16.6. The van der Waals surface area contributed by atoms with Crippen molar-refractivity contribution < 1.29 is 189 Å². The molecule has 0 amide bonds. The first-order valence-corrected chi connectivity index (χ1v) is 27.4. The van der Waals surface area contributed by atoms with Crippen LogP contribution in [0.1, 0.15) is 95.2 Å². The largest absolute Gasteiger partial charge is 1.00 e. The topological polar surface area (TPSA) is 270 Å². The molecule has 26 heteroatoms. The summed E-state index contributed by atoms with van der Waals surface area (Å²) in [5.74, 6) is -1.88. The van der Waals surface area contributed by atoms with Crippen LogP contribution in [0.3, 0.4) is 0 Å². The van der Waals surface area contributed by atoms with E-state index in [1.165, 1.54) is 23.9 Å². The molecule has 1 heterocycles. The van der Waals surface area contributed by atoms with Gasteiger partial charge in [0.25, 0.3) is 10.1 Å². The minimum absolute atomic E-state index is 0. The van der Waals surface area contributed by atoms with Crippen molar-refractivity contribution >= 4 is 75.7 Å². The summed E-state index contributed by atoms with van der Waals surface area (Å²) in [5, 5.41) is 14.1. The van der Waals surface area contributed by atoms with Crippen molar-refractivity contribution in [3.8, 4) is 0 Å². The van der Waals surface area contributed by atoms with E-state index in [0.29, 0.717) is 49.1 Å². The smallest absolute Gasteiger partial charge is 0.748 e. The fourth-order valence-electron chi connectivity index (χ4n) is 8.43. The summed E-state index contributed by atoms with van der Waals surface area (Å²) in [7, 11) is -17.9. The van der Waals surface area contributed by atoms with Crippen molar-refractivity contribution in [2.75, 3.05) is 29.6 Å². The van der Waals surface area contributed by atoms with E-state index in [4.69, 9.17) is 0 Å². The van der Waals surface area contributed by atoms with Crippen LogP contribution in [0.2, 0.25) is 0 Å². The second kappa shape index (κ2) is 27.0. The van der Waals surface area contributed by atoms with Crippen LogP contribution in [0.15, 0.2) is 92.1 Å². The Kier molecular flexibility index (Phi) is 26.7. The van der Waals surface area contributed by atoms with Crippen LogP contribution in [-0.2, 0) is 60.7 Å². The number of benzene rings is 2. The van der Waals surface area contributed by atoms with Gasteiger partial charge in [-0.25, -0.2) is 25.3 Å². The van der Waals surface area contributed by atoms with Gasteiger partial charge >= 0.3 is 118 Å². The van der Waals surface area contributed by atoms with Crippen LogP contribution in [-0.4, -0.2) is 91.7 Å². The Balaban J connectivity index is 0.00000544. The first-order chi connectivity index (χ1) is 28.7. The molecule has 0 aromatic heterocycles. The van der Waals surface area contributed by atoms with Gasteiger partial charge in [0.05, 0.1) is 48.3 Å². The van der Waals surface area contributed by atoms with Crippen LogP contribution in [0, 0.1) is 0 Å². The number of hydrogen-bond donors (Lipinski definition) is 1. The average molecular weight is 1070 g/mol. The summed E-state index contributed by atoms with van der Waals surface area (Å²) in [5.41, 5.74) is 5.12. The van der Waals surface area contributed by atoms with Crippen molar-refractivity contribution in [3.05, 3.63) is 99.0 Å². The molecule has 1 atom stereocenters. The van der Waals surface area contributed by atoms with E-state index in [1.54, 1.807) is 12.1 Å². The molecular formula is C40H48NNa4O15S6+. The Morgan fingerprint density at radius 2 is 1.42 bits per heavy atom. The molecule has 0 saturated heterocycles. The number of rotatable bonds is 21. The third kappa shape index (κ3) is 17.8. The zero-order chi connectivity index (χ0) is 45.9. The first-order valence-electron chi connectivity index (χ1n) is 19.5. The van der Waals surface area contributed by atoms with Crippen molar-refractivity contribution in [2.24, 2.45) is 0 Å². The molecule has 3 aliphatic rings. The summed E-state index contributed by atoms with van der Waals surface area (Å²) in [6, 6.07) is 9.69. The van der Waals surface area contributed by atoms with Crippen LogP contribution < -0.4 is 123 Å². The molecule has 66 heavy (non-hydrogen) atoms. The number of nitrogens with zero attached hydrogens (tertiary/aromatic N) is 1. The molecule has 1 N–H and O–H groups in total. The molecule has 0 saturated carbocycles. The van der Waals surface area contributed by atoms with E-state index < -0.39 is 68.6 Å². The number of thioether (sulfide) groups is 1. The summed E-state index contributed by atoms with van der Waals surface area (Å²) in [4.78, 5) is 0.974. The van der Waals surface area contributed by atoms with Crippen LogP contribution in [0.4, 0.5) is 5.69 Å². The molecule has 1 aliphatic heterocycles. The third-order valence-electron chi connectivity index (χ3n) is 11.4. The molecular weight excluding hydrogens is 1020 g/mol. The molecule has 2 aromatic rings. The molecule has 16 nitrogen and oxygen atoms in total. The molecule has 2 aliphatic carbocycles. The maximum atomic E-state index is 12.0. The van der Waals surface area contributed by atoms with Crippen LogP contribution >= 0.6 is 23.8 Å². The van der Waals surface area contributed by atoms with Gasteiger partial charge in [-0.2, -0.15) is 17.3 Å². The van der Waals surface area contributed by atoms with Gasteiger partial charge in [-0.15, -0.1) is 11.8 Å². The van der Waals surface area contributed by atoms with Gasteiger partial charge in [-0.1, -0.05) is 50.1 Å². The predicted octanol–water partition coefficient (Wildman–Crippen LogP) is -6.59. The summed E-state index contributed by atoms with van der Waals surface area (Å²) in [6.45, 7) is 8.20. The number of hydrogen-bond acceptors (Lipinski definition) is 16. The Bertz CT molecular complexity index is 2680. The number of fused-ring (bicyclic) bond motifs is 2. The van der Waals surface area contributed by atoms with Gasteiger partial charge in [-0.3, -0.25) is 9.59 Å². The van der Waals surface area contributed by atoms with Crippen molar-refractivity contribution in [1.82, 2.24) is 0 Å². The Labute approximate surface area is 486 Å². The van der Waals surface area contributed by atoms with E-state index in [2.05, 4.69) is 13.9 Å². The van der Waals surface area contributed by atoms with E-state index >= 15 is 0 Å². The van der Waals surface area contributed by atoms with Crippen LogP contribution in [0.5, 0.6) is 0 Å². The molecule has 0 bridgehead atoms. The molecule has 5 rings (SSSR count). The summed E-state index contributed by atoms with van der Waals surface area (Å²) < 4.78 is 144. The van der Waals surface area contributed by atoms with E-state index in [0.717, 1.165) is 56.2 Å². The van der Waals surface area contributed by atoms with Gasteiger partial charge in [0.1, 0.15) is 16.7 Å². The van der Waals surface area contributed by atoms with Crippen molar-refractivity contribution in [1.29, 1.82) is 0 Å². The molecule has 0 spiro atoms. The fraction of sp³-hybridized carbons (Fsp3) is 0.475. The van der Waals surface area contributed by atoms with Gasteiger partial charge in [0.2, 0.25) is 5.69 Å². The maximum absolute atomic E-state index is 12.0. The maximum Gasteiger partial charge on any atom is 1.00 e. The van der Waals surface area contributed by atoms with Crippen LogP contribution in [0.25, 0.3) is 0 Å². The quantitative estimate of drug-likeness (QED) is 0.0232. The molecule has 1 unspecified atom stereocenters. The second-order valence-electron chi connectivity index (χ2n) is 16.3. The SMILES string of the molecule is CC1(C)C(C=CC2=C(SCCS(=O)(=O)[O-])C(=C/C=C3/C(CCCCS(=O)(=O)[O-])c4ccc(S(=O)(=O)[O-])cc4C3(C)C)CC2)=[N+](CCCCS(=O)(=O)O)c2ccc(SOO[O-])cc21.[Na+].[Na+].[Na+].[Na+]. The second-order valence-corrected chi connectivity index (χ2v) is 24.2. The minimum Gasteiger partial charge on any atom is -0.748 e. The van der Waals surface area contributed by atoms with Gasteiger partial charge < -0.3 is 18.9 Å². The van der Waals surface area contributed by atoms with Crippen molar-refractivity contribution in [2.45, 2.75) is 99.2 Å². The fourth-order valence-corrected chi connectivity index (χ4v) is 12.5. The first kappa shape index (κ1) is 65.3. The van der Waals surface area contributed by atoms with Gasteiger partial charge in [-0.05, 0) is 92.5 Å². The summed E-state index contributed by atoms with van der Waals surface area (Å²) in [6.07, 6.45) is 10.3. The number of unbranched alkanes of at least 4 members (excludes halogenated alkanes) is 2. The Hall–Kier alpha value is 1.29. The minimum atomic E-state index is -4.78. The summed E-state index contributed by atoms with van der Waals surface area (Å²) >= 11 is 1.97. The van der Waals surface area contributed by atoms with Gasteiger partial charge in [0, 0.05) is 62.5 Å². The van der Waals surface area contributed by atoms with E-state index in [1.807, 2.05) is 64.1 Å². The molecule has 0 fully saturated rings. The molecule has 2 aromatic carbocycles. The number of allylic oxidation sites excluding steroid dienone is 7. The zero-order valence-electron chi connectivity index (χ0n) is 38.4. The average Bonchev–Trinajstić information content (AvgIpc) is 3.71. The normalized spacial score (nSPS) is 19.1. The van der Waals surface area contributed by atoms with Crippen molar-refractivity contribution in [3.63, 3.8) is 0 Å². The Morgan fingerprint density at radius 3 is 2.03 bits per heavy atom. The standard InChI is InChI=1S/C40H51NO15S6.4Na/c1-39(2)33(31(9-5-7-22-59(43,44)45)32-16-15-30(26-34(32)39)62(52,53)54)17-12-27-10-11-28(38(27)57-21-24-61(49,50)51)13-19-37-40(3,4)35-25-29(58-56-55-42)14-18-36(35)41(37)20-6-8-23-60(46,47)48;;;;/h12-19,25-26,31H,5-11,20-24H2,1-4H3,(H4-,42,43,44,45,46,47,48,49,50,51,52,53,54);;;;/q;4*+1/p-3/b19-13?,27-12?,33-17-;;;;. The monoisotopic (exact) mass is 1070 g/mol. The van der Waals surface area contributed by atoms with E-state index in [9.17, 15) is 57.1 Å². The molecule has 0 radical (unpaired) electrons. The molecule has 342 valence electrons. The predicted molar refractivity (Wildman–Crippen MR) is 230 cm³/mol.